The molecule has 0 aromatic rings. The standard InChI is InChI=1S/C5H11NO.C4H10O/c1-5-3-2-4-6(5)7;1-4(2,3)5/h5,7H,2-4H2,1H3;5H,1-3H3. The molecule has 0 aromatic carbocycles. The van der Waals surface area contributed by atoms with E-state index in [9.17, 15) is 0 Å². The van der Waals surface area contributed by atoms with Gasteiger partial charge in [-0.25, -0.2) is 0 Å². The molecule has 0 spiro atoms. The van der Waals surface area contributed by atoms with Crippen molar-refractivity contribution in [3.05, 3.63) is 0 Å². The molecule has 0 saturated carbocycles. The van der Waals surface area contributed by atoms with Crippen LogP contribution in [0.25, 0.3) is 0 Å². The smallest absolute Gasteiger partial charge is 0.0563 e. The van der Waals surface area contributed by atoms with Crippen LogP contribution in [0.3, 0.4) is 0 Å². The van der Waals surface area contributed by atoms with Crippen LogP contribution in [-0.2, 0) is 0 Å². The molecule has 12 heavy (non-hydrogen) atoms. The maximum absolute atomic E-state index is 8.83. The van der Waals surface area contributed by atoms with Gasteiger partial charge in [-0.3, -0.25) is 0 Å². The second kappa shape index (κ2) is 4.80. The van der Waals surface area contributed by atoms with Crippen LogP contribution in [0.1, 0.15) is 40.5 Å². The van der Waals surface area contributed by atoms with Crippen molar-refractivity contribution in [3.8, 4) is 0 Å². The van der Waals surface area contributed by atoms with Gasteiger partial charge >= 0.3 is 0 Å². The maximum atomic E-state index is 8.83. The summed E-state index contributed by atoms with van der Waals surface area (Å²) in [4.78, 5) is 0. The fourth-order valence-corrected chi connectivity index (χ4v) is 0.918. The van der Waals surface area contributed by atoms with E-state index < -0.39 is 5.60 Å². The van der Waals surface area contributed by atoms with E-state index in [0.29, 0.717) is 6.04 Å². The zero-order chi connectivity index (χ0) is 9.78. The van der Waals surface area contributed by atoms with Gasteiger partial charge < -0.3 is 10.3 Å². The van der Waals surface area contributed by atoms with Crippen LogP contribution in [0.2, 0.25) is 0 Å². The van der Waals surface area contributed by atoms with Crippen molar-refractivity contribution < 1.29 is 10.3 Å². The molecule has 1 atom stereocenters. The van der Waals surface area contributed by atoms with Crippen molar-refractivity contribution in [2.45, 2.75) is 52.2 Å². The van der Waals surface area contributed by atoms with Gasteiger partial charge in [0.15, 0.2) is 0 Å². The van der Waals surface area contributed by atoms with Gasteiger partial charge in [0.2, 0.25) is 0 Å². The van der Waals surface area contributed by atoms with Crippen LogP contribution < -0.4 is 0 Å². The third-order valence-corrected chi connectivity index (χ3v) is 1.52. The molecule has 1 fully saturated rings. The first kappa shape index (κ1) is 11.9. The molecule has 2 N–H and O–H groups in total. The summed E-state index contributed by atoms with van der Waals surface area (Å²) < 4.78 is 0. The summed E-state index contributed by atoms with van der Waals surface area (Å²) in [7, 11) is 0. The lowest BCUT2D eigenvalue weighted by Gasteiger charge is -2.09. The Labute approximate surface area is 75.0 Å². The Bertz CT molecular complexity index is 106. The largest absolute Gasteiger partial charge is 0.391 e. The summed E-state index contributed by atoms with van der Waals surface area (Å²) in [5.41, 5.74) is -0.500. The van der Waals surface area contributed by atoms with Crippen LogP contribution in [0.4, 0.5) is 0 Å². The molecule has 0 aliphatic carbocycles. The Kier molecular flexibility index (Phi) is 4.75. The Morgan fingerprint density at radius 1 is 1.33 bits per heavy atom. The fourth-order valence-electron chi connectivity index (χ4n) is 0.918. The summed E-state index contributed by atoms with van der Waals surface area (Å²) in [6, 6.07) is 0.403. The van der Waals surface area contributed by atoms with Crippen LogP contribution in [0.15, 0.2) is 0 Å². The third-order valence-electron chi connectivity index (χ3n) is 1.52. The second-order valence-corrected chi connectivity index (χ2v) is 4.33. The average Bonchev–Trinajstić information content (AvgIpc) is 2.12. The molecule has 0 radical (unpaired) electrons. The summed E-state index contributed by atoms with van der Waals surface area (Å²) in [5.74, 6) is 0. The number of nitrogens with zero attached hydrogens (tertiary/aromatic N) is 1. The van der Waals surface area contributed by atoms with E-state index in [1.165, 1.54) is 5.06 Å². The lowest BCUT2D eigenvalue weighted by atomic mass is 10.2. The zero-order valence-corrected chi connectivity index (χ0v) is 8.54. The Morgan fingerprint density at radius 3 is 1.83 bits per heavy atom. The highest BCUT2D eigenvalue weighted by molar-refractivity contribution is 4.66. The monoisotopic (exact) mass is 175 g/mol. The van der Waals surface area contributed by atoms with Gasteiger partial charge in [-0.05, 0) is 40.5 Å². The molecule has 1 rings (SSSR count). The minimum Gasteiger partial charge on any atom is -0.391 e. The third kappa shape index (κ3) is 7.98. The summed E-state index contributed by atoms with van der Waals surface area (Å²) >= 11 is 0. The fraction of sp³-hybridized carbons (Fsp3) is 1.00. The van der Waals surface area contributed by atoms with E-state index in [4.69, 9.17) is 10.3 Å². The molecule has 1 aliphatic rings. The first-order valence-electron chi connectivity index (χ1n) is 4.48. The average molecular weight is 175 g/mol. The van der Waals surface area contributed by atoms with E-state index in [2.05, 4.69) is 0 Å². The van der Waals surface area contributed by atoms with Gasteiger partial charge in [-0.1, -0.05) is 0 Å². The predicted octanol–water partition coefficient (Wildman–Crippen LogP) is 1.64. The first-order chi connectivity index (χ1) is 5.30. The molecular formula is C9H21NO2. The van der Waals surface area contributed by atoms with Crippen LogP contribution in [-0.4, -0.2) is 33.6 Å². The van der Waals surface area contributed by atoms with Crippen molar-refractivity contribution in [2.24, 2.45) is 0 Å². The van der Waals surface area contributed by atoms with Gasteiger partial charge in [0, 0.05) is 12.6 Å². The SMILES string of the molecule is CC(C)(C)O.CC1CCCN1O. The molecule has 74 valence electrons. The molecule has 1 saturated heterocycles. The van der Waals surface area contributed by atoms with Crippen molar-refractivity contribution in [3.63, 3.8) is 0 Å². The van der Waals surface area contributed by atoms with E-state index in [1.54, 1.807) is 20.8 Å². The highest BCUT2D eigenvalue weighted by Gasteiger charge is 2.16. The van der Waals surface area contributed by atoms with Crippen LogP contribution >= 0.6 is 0 Å². The highest BCUT2D eigenvalue weighted by Crippen LogP contribution is 2.12. The minimum atomic E-state index is -0.500. The molecule has 3 heteroatoms. The summed E-state index contributed by atoms with van der Waals surface area (Å²) in [5, 5.41) is 18.8. The number of rotatable bonds is 0. The van der Waals surface area contributed by atoms with E-state index in [0.717, 1.165) is 19.4 Å². The van der Waals surface area contributed by atoms with E-state index in [1.807, 2.05) is 6.92 Å². The van der Waals surface area contributed by atoms with Crippen molar-refractivity contribution in [1.29, 1.82) is 0 Å². The Morgan fingerprint density at radius 2 is 1.75 bits per heavy atom. The molecule has 1 unspecified atom stereocenters. The second-order valence-electron chi connectivity index (χ2n) is 4.33. The molecule has 1 aliphatic heterocycles. The van der Waals surface area contributed by atoms with Gasteiger partial charge in [0.05, 0.1) is 5.60 Å². The maximum Gasteiger partial charge on any atom is 0.0563 e. The lowest BCUT2D eigenvalue weighted by molar-refractivity contribution is -0.0969. The first-order valence-corrected chi connectivity index (χ1v) is 4.48. The van der Waals surface area contributed by atoms with Crippen molar-refractivity contribution in [1.82, 2.24) is 5.06 Å². The molecule has 0 amide bonds. The quantitative estimate of drug-likeness (QED) is 0.588. The number of hydroxylamine groups is 2. The highest BCUT2D eigenvalue weighted by atomic mass is 16.5. The Hall–Kier alpha value is -0.120. The summed E-state index contributed by atoms with van der Waals surface area (Å²) in [6.45, 7) is 8.13. The topological polar surface area (TPSA) is 43.7 Å². The van der Waals surface area contributed by atoms with Gasteiger partial charge in [0.1, 0.15) is 0 Å². The molecular weight excluding hydrogens is 154 g/mol. The molecule has 3 nitrogen and oxygen atoms in total. The minimum absolute atomic E-state index is 0.403. The Balaban J connectivity index is 0.000000217. The number of hydrogen-bond acceptors (Lipinski definition) is 3. The van der Waals surface area contributed by atoms with Crippen molar-refractivity contribution in [2.75, 3.05) is 6.54 Å². The molecule has 1 heterocycles. The number of aliphatic hydroxyl groups is 1. The zero-order valence-electron chi connectivity index (χ0n) is 8.54. The van der Waals surface area contributed by atoms with E-state index in [-0.39, 0.29) is 0 Å². The van der Waals surface area contributed by atoms with Gasteiger partial charge in [-0.15, -0.1) is 0 Å². The normalized spacial score (nSPS) is 25.0. The van der Waals surface area contributed by atoms with E-state index >= 15 is 0 Å². The van der Waals surface area contributed by atoms with Crippen LogP contribution in [0, 0.1) is 0 Å². The van der Waals surface area contributed by atoms with Gasteiger partial charge in [-0.2, -0.15) is 5.06 Å². The summed E-state index contributed by atoms with van der Waals surface area (Å²) in [6.07, 6.45) is 2.30. The molecule has 0 bridgehead atoms. The predicted molar refractivity (Wildman–Crippen MR) is 49.2 cm³/mol. The number of hydrogen-bond donors (Lipinski definition) is 2. The van der Waals surface area contributed by atoms with Crippen LogP contribution in [0.5, 0.6) is 0 Å². The van der Waals surface area contributed by atoms with Crippen molar-refractivity contribution >= 4 is 0 Å². The molecule has 0 aromatic heterocycles. The van der Waals surface area contributed by atoms with Gasteiger partial charge in [0.25, 0.3) is 0 Å². The lowest BCUT2D eigenvalue weighted by Crippen LogP contribution is -2.21.